The van der Waals surface area contributed by atoms with E-state index in [-0.39, 0.29) is 23.4 Å². The van der Waals surface area contributed by atoms with Crippen LogP contribution in [0.25, 0.3) is 0 Å². The zero-order valence-corrected chi connectivity index (χ0v) is 25.3. The van der Waals surface area contributed by atoms with Gasteiger partial charge in [0.05, 0.1) is 10.6 Å². The predicted octanol–water partition coefficient (Wildman–Crippen LogP) is 6.02. The Kier molecular flexibility index (Phi) is 11.0. The van der Waals surface area contributed by atoms with Crippen LogP contribution in [0.5, 0.6) is 0 Å². The summed E-state index contributed by atoms with van der Waals surface area (Å²) in [5.41, 5.74) is 1.09. The Morgan fingerprint density at radius 2 is 1.62 bits per heavy atom. The van der Waals surface area contributed by atoms with Gasteiger partial charge in [0.15, 0.2) is 0 Å². The molecule has 208 valence electrons. The van der Waals surface area contributed by atoms with Crippen molar-refractivity contribution >= 4 is 55.1 Å². The molecule has 0 aromatic heterocycles. The Labute approximate surface area is 244 Å². The summed E-state index contributed by atoms with van der Waals surface area (Å²) in [5, 5.41) is 3.52. The van der Waals surface area contributed by atoms with E-state index in [1.54, 1.807) is 66.7 Å². The largest absolute Gasteiger partial charge is 0.352 e. The maximum atomic E-state index is 14.0. The molecule has 0 fully saturated rings. The maximum absolute atomic E-state index is 14.0. The summed E-state index contributed by atoms with van der Waals surface area (Å²) in [4.78, 5) is 28.8. The second kappa shape index (κ2) is 14.0. The monoisotopic (exact) mass is 633 g/mol. The van der Waals surface area contributed by atoms with Gasteiger partial charge in [0.25, 0.3) is 10.0 Å². The highest BCUT2D eigenvalue weighted by atomic mass is 79.9. The number of rotatable bonds is 12. The van der Waals surface area contributed by atoms with E-state index in [0.29, 0.717) is 21.6 Å². The van der Waals surface area contributed by atoms with Crippen molar-refractivity contribution < 1.29 is 18.0 Å². The van der Waals surface area contributed by atoms with E-state index in [9.17, 15) is 18.0 Å². The quantitative estimate of drug-likeness (QED) is 0.264. The summed E-state index contributed by atoms with van der Waals surface area (Å²) >= 11 is 9.46. The molecule has 3 aromatic rings. The number of sulfonamides is 1. The first-order valence-electron chi connectivity index (χ1n) is 12.7. The van der Waals surface area contributed by atoms with E-state index < -0.39 is 28.5 Å². The number of carbonyl (C=O) groups is 2. The number of carbonyl (C=O) groups excluding carboxylic acids is 2. The van der Waals surface area contributed by atoms with Crippen molar-refractivity contribution in [3.05, 3.63) is 93.9 Å². The lowest BCUT2D eigenvalue weighted by atomic mass is 10.1. The van der Waals surface area contributed by atoms with Gasteiger partial charge in [-0.25, -0.2) is 8.42 Å². The van der Waals surface area contributed by atoms with Crippen molar-refractivity contribution in [1.82, 2.24) is 10.2 Å². The molecule has 2 atom stereocenters. The number of anilines is 1. The smallest absolute Gasteiger partial charge is 0.264 e. The normalized spacial score (nSPS) is 12.8. The fraction of sp³-hybridized carbons (Fsp3) is 0.310. The van der Waals surface area contributed by atoms with Crippen LogP contribution in [0.3, 0.4) is 0 Å². The minimum Gasteiger partial charge on any atom is -0.352 e. The van der Waals surface area contributed by atoms with Crippen LogP contribution in [0.1, 0.15) is 39.2 Å². The molecule has 3 rings (SSSR count). The van der Waals surface area contributed by atoms with Crippen LogP contribution in [0, 0.1) is 0 Å². The summed E-state index contributed by atoms with van der Waals surface area (Å²) in [6, 6.07) is 20.9. The standard InChI is InChI=1S/C29H33BrClN3O4S/c1-4-21(3)32-29(36)27(5-2)33(19-22-14-16-24(31)17-15-22)28(35)20-34(25-11-9-10-23(30)18-25)39(37,38)26-12-7-6-8-13-26/h6-18,21,27H,4-5,19-20H2,1-3H3,(H,32,36)/t21-,27-/m0/s1. The molecule has 0 aliphatic heterocycles. The highest BCUT2D eigenvalue weighted by molar-refractivity contribution is 9.10. The molecule has 10 heteroatoms. The molecule has 7 nitrogen and oxygen atoms in total. The molecule has 0 saturated carbocycles. The summed E-state index contributed by atoms with van der Waals surface area (Å²) in [6.07, 6.45) is 1.09. The van der Waals surface area contributed by atoms with Gasteiger partial charge in [0, 0.05) is 22.1 Å². The molecule has 1 N–H and O–H groups in total. The van der Waals surface area contributed by atoms with Gasteiger partial charge in [-0.1, -0.05) is 77.8 Å². The molecule has 0 unspecified atom stereocenters. The number of amides is 2. The third kappa shape index (κ3) is 8.06. The number of nitrogens with zero attached hydrogens (tertiary/aromatic N) is 2. The van der Waals surface area contributed by atoms with Gasteiger partial charge in [-0.3, -0.25) is 13.9 Å². The van der Waals surface area contributed by atoms with E-state index in [4.69, 9.17) is 11.6 Å². The van der Waals surface area contributed by atoms with E-state index in [2.05, 4.69) is 21.2 Å². The molecule has 0 bridgehead atoms. The fourth-order valence-electron chi connectivity index (χ4n) is 4.03. The van der Waals surface area contributed by atoms with Crippen LogP contribution in [0.2, 0.25) is 5.02 Å². The van der Waals surface area contributed by atoms with Crippen molar-refractivity contribution in [1.29, 1.82) is 0 Å². The highest BCUT2D eigenvalue weighted by Crippen LogP contribution is 2.27. The van der Waals surface area contributed by atoms with Crippen LogP contribution in [0.15, 0.2) is 88.2 Å². The second-order valence-electron chi connectivity index (χ2n) is 9.19. The first-order valence-corrected chi connectivity index (χ1v) is 15.4. The molecule has 3 aromatic carbocycles. The summed E-state index contributed by atoms with van der Waals surface area (Å²) < 4.78 is 29.4. The van der Waals surface area contributed by atoms with Gasteiger partial charge >= 0.3 is 0 Å². The topological polar surface area (TPSA) is 86.8 Å². The molecular weight excluding hydrogens is 602 g/mol. The Balaban J connectivity index is 2.04. The summed E-state index contributed by atoms with van der Waals surface area (Å²) in [5.74, 6) is -0.787. The maximum Gasteiger partial charge on any atom is 0.264 e. The summed E-state index contributed by atoms with van der Waals surface area (Å²) in [6.45, 7) is 5.31. The average Bonchev–Trinajstić information content (AvgIpc) is 2.92. The SMILES string of the molecule is CC[C@H](C)NC(=O)[C@H](CC)N(Cc1ccc(Cl)cc1)C(=O)CN(c1cccc(Br)c1)S(=O)(=O)c1ccccc1. The Bertz CT molecular complexity index is 1370. The minimum absolute atomic E-state index is 0.0589. The third-order valence-electron chi connectivity index (χ3n) is 6.36. The molecule has 0 heterocycles. The zero-order chi connectivity index (χ0) is 28.6. The fourth-order valence-corrected chi connectivity index (χ4v) is 5.97. The molecule has 2 amide bonds. The Morgan fingerprint density at radius 3 is 2.21 bits per heavy atom. The molecule has 0 aliphatic carbocycles. The van der Waals surface area contributed by atoms with Gasteiger partial charge in [-0.2, -0.15) is 0 Å². The lowest BCUT2D eigenvalue weighted by Gasteiger charge is -2.33. The number of hydrogen-bond donors (Lipinski definition) is 1. The van der Waals surface area contributed by atoms with Crippen molar-refractivity contribution in [2.24, 2.45) is 0 Å². The van der Waals surface area contributed by atoms with E-state index in [1.165, 1.54) is 17.0 Å². The number of nitrogens with one attached hydrogen (secondary N) is 1. The Morgan fingerprint density at radius 1 is 0.949 bits per heavy atom. The molecule has 39 heavy (non-hydrogen) atoms. The van der Waals surface area contributed by atoms with Crippen LogP contribution in [0.4, 0.5) is 5.69 Å². The lowest BCUT2D eigenvalue weighted by molar-refractivity contribution is -0.140. The van der Waals surface area contributed by atoms with Gasteiger partial charge in [0.2, 0.25) is 11.8 Å². The second-order valence-corrected chi connectivity index (χ2v) is 12.4. The highest BCUT2D eigenvalue weighted by Gasteiger charge is 2.34. The van der Waals surface area contributed by atoms with Crippen molar-refractivity contribution in [2.75, 3.05) is 10.8 Å². The van der Waals surface area contributed by atoms with Gasteiger partial charge in [-0.05, 0) is 67.8 Å². The molecule has 0 saturated heterocycles. The summed E-state index contributed by atoms with van der Waals surface area (Å²) in [7, 11) is -4.11. The van der Waals surface area contributed by atoms with Crippen molar-refractivity contribution in [3.63, 3.8) is 0 Å². The average molecular weight is 635 g/mol. The van der Waals surface area contributed by atoms with Crippen LogP contribution >= 0.6 is 27.5 Å². The molecular formula is C29H33BrClN3O4S. The predicted molar refractivity (Wildman–Crippen MR) is 159 cm³/mol. The van der Waals surface area contributed by atoms with Crippen LogP contribution in [-0.4, -0.2) is 43.8 Å². The number of benzene rings is 3. The van der Waals surface area contributed by atoms with E-state index in [1.807, 2.05) is 20.8 Å². The van der Waals surface area contributed by atoms with Crippen LogP contribution in [-0.2, 0) is 26.2 Å². The minimum atomic E-state index is -4.11. The molecule has 0 aliphatic rings. The van der Waals surface area contributed by atoms with Crippen molar-refractivity contribution in [2.45, 2.75) is 57.1 Å². The number of hydrogen-bond acceptors (Lipinski definition) is 4. The van der Waals surface area contributed by atoms with Gasteiger partial charge in [-0.15, -0.1) is 0 Å². The van der Waals surface area contributed by atoms with Crippen molar-refractivity contribution in [3.8, 4) is 0 Å². The first-order chi connectivity index (χ1) is 18.6. The third-order valence-corrected chi connectivity index (χ3v) is 8.89. The number of halogens is 2. The Hall–Kier alpha value is -2.88. The molecule has 0 spiro atoms. The molecule has 0 radical (unpaired) electrons. The van der Waals surface area contributed by atoms with E-state index >= 15 is 0 Å². The zero-order valence-electron chi connectivity index (χ0n) is 22.2. The lowest BCUT2D eigenvalue weighted by Crippen LogP contribution is -2.53. The van der Waals surface area contributed by atoms with E-state index in [0.717, 1.165) is 16.3 Å². The van der Waals surface area contributed by atoms with Crippen LogP contribution < -0.4 is 9.62 Å². The van der Waals surface area contributed by atoms with Gasteiger partial charge in [0.1, 0.15) is 12.6 Å². The van der Waals surface area contributed by atoms with Gasteiger partial charge < -0.3 is 10.2 Å². The first kappa shape index (κ1) is 30.7.